The first-order valence-corrected chi connectivity index (χ1v) is 8.90. The van der Waals surface area contributed by atoms with Gasteiger partial charge >= 0.3 is 0 Å². The largest absolute Gasteiger partial charge is 0.411 e. The van der Waals surface area contributed by atoms with Gasteiger partial charge in [0.1, 0.15) is 5.25 Å². The summed E-state index contributed by atoms with van der Waals surface area (Å²) in [6, 6.07) is 10.1. The van der Waals surface area contributed by atoms with E-state index in [-0.39, 0.29) is 23.5 Å². The highest BCUT2D eigenvalue weighted by Gasteiger charge is 2.41. The van der Waals surface area contributed by atoms with Crippen LogP contribution in [0.4, 0.5) is 5.69 Å². The molecule has 0 saturated carbocycles. The molecule has 1 unspecified atom stereocenters. The fourth-order valence-electron chi connectivity index (χ4n) is 2.54. The molecule has 1 aliphatic rings. The summed E-state index contributed by atoms with van der Waals surface area (Å²) in [5.74, 6) is -0.280. The highest BCUT2D eigenvalue weighted by atomic mass is 35.5. The number of benzene rings is 1. The predicted molar refractivity (Wildman–Crippen MR) is 95.7 cm³/mol. The summed E-state index contributed by atoms with van der Waals surface area (Å²) >= 11 is 6.94. The third kappa shape index (κ3) is 3.21. The van der Waals surface area contributed by atoms with Gasteiger partial charge in [-0.1, -0.05) is 23.4 Å². The molecule has 2 amide bonds. The molecule has 0 bridgehead atoms. The molecule has 1 aromatic carbocycles. The molecule has 0 radical (unpaired) electrons. The molecule has 0 N–H and O–H groups in total. The Morgan fingerprint density at radius 1 is 1.15 bits per heavy atom. The first-order valence-electron chi connectivity index (χ1n) is 7.65. The van der Waals surface area contributed by atoms with Crippen molar-refractivity contribution in [3.8, 4) is 11.5 Å². The average Bonchev–Trinajstić information content (AvgIpc) is 3.22. The van der Waals surface area contributed by atoms with E-state index in [2.05, 4.69) is 15.2 Å². The van der Waals surface area contributed by atoms with Crippen molar-refractivity contribution in [1.29, 1.82) is 0 Å². The molecule has 1 aliphatic heterocycles. The summed E-state index contributed by atoms with van der Waals surface area (Å²) < 4.78 is 5.57. The van der Waals surface area contributed by atoms with Crippen LogP contribution in [-0.2, 0) is 9.59 Å². The molecule has 2 aromatic heterocycles. The quantitative estimate of drug-likeness (QED) is 0.636. The molecular formula is C17H11ClN4O3S. The van der Waals surface area contributed by atoms with Gasteiger partial charge in [0, 0.05) is 23.8 Å². The fourth-order valence-corrected chi connectivity index (χ4v) is 3.56. The number of thioether (sulfide) groups is 1. The Bertz CT molecular complexity index is 962. The molecule has 7 nitrogen and oxygen atoms in total. The van der Waals surface area contributed by atoms with Crippen molar-refractivity contribution < 1.29 is 14.0 Å². The number of aromatic nitrogens is 3. The van der Waals surface area contributed by atoms with Gasteiger partial charge < -0.3 is 4.42 Å². The lowest BCUT2D eigenvalue weighted by molar-refractivity contribution is -0.121. The van der Waals surface area contributed by atoms with Gasteiger partial charge in [-0.2, -0.15) is 0 Å². The molecule has 4 rings (SSSR count). The molecule has 130 valence electrons. The number of imide groups is 1. The zero-order valence-electron chi connectivity index (χ0n) is 13.2. The highest BCUT2D eigenvalue weighted by molar-refractivity contribution is 8.00. The van der Waals surface area contributed by atoms with E-state index >= 15 is 0 Å². The number of anilines is 1. The van der Waals surface area contributed by atoms with Gasteiger partial charge in [-0.3, -0.25) is 14.6 Å². The summed E-state index contributed by atoms with van der Waals surface area (Å²) in [6.07, 6.45) is 3.31. The van der Waals surface area contributed by atoms with E-state index in [1.54, 1.807) is 48.8 Å². The van der Waals surface area contributed by atoms with E-state index in [1.165, 1.54) is 0 Å². The number of hydrogen-bond donors (Lipinski definition) is 0. The molecule has 0 spiro atoms. The van der Waals surface area contributed by atoms with E-state index in [9.17, 15) is 9.59 Å². The lowest BCUT2D eigenvalue weighted by Gasteiger charge is -2.14. The summed E-state index contributed by atoms with van der Waals surface area (Å²) in [5, 5.41) is 8.06. The Balaban J connectivity index is 1.51. The van der Waals surface area contributed by atoms with Gasteiger partial charge in [0.05, 0.1) is 11.3 Å². The van der Waals surface area contributed by atoms with Crippen molar-refractivity contribution in [2.75, 3.05) is 4.90 Å². The van der Waals surface area contributed by atoms with Crippen LogP contribution >= 0.6 is 23.4 Å². The first-order chi connectivity index (χ1) is 12.6. The predicted octanol–water partition coefficient (Wildman–Crippen LogP) is 3.21. The number of hydrogen-bond acceptors (Lipinski definition) is 7. The standard InChI is InChI=1S/C17H11ClN4O3S/c18-11-3-5-12(6-4-11)22-14(23)8-13(16(22)24)26-17-21-20-15(25-17)10-2-1-7-19-9-10/h1-7,9,13H,8H2. The minimum absolute atomic E-state index is 0.0662. The Morgan fingerprint density at radius 3 is 2.69 bits per heavy atom. The maximum atomic E-state index is 12.6. The minimum atomic E-state index is -0.611. The van der Waals surface area contributed by atoms with E-state index in [1.807, 2.05) is 0 Å². The van der Waals surface area contributed by atoms with Crippen molar-refractivity contribution in [2.45, 2.75) is 16.9 Å². The second kappa shape index (κ2) is 6.89. The molecule has 3 aromatic rings. The second-order valence-corrected chi connectivity index (χ2v) is 7.06. The normalized spacial score (nSPS) is 17.1. The number of halogens is 1. The molecule has 3 heterocycles. The topological polar surface area (TPSA) is 89.2 Å². The summed E-state index contributed by atoms with van der Waals surface area (Å²) in [4.78, 5) is 30.1. The lowest BCUT2D eigenvalue weighted by atomic mass is 10.3. The van der Waals surface area contributed by atoms with Crippen LogP contribution in [-0.4, -0.2) is 32.2 Å². The zero-order valence-corrected chi connectivity index (χ0v) is 14.8. The van der Waals surface area contributed by atoms with E-state index in [0.29, 0.717) is 22.2 Å². The van der Waals surface area contributed by atoms with Crippen LogP contribution in [0.2, 0.25) is 5.02 Å². The Hall–Kier alpha value is -2.71. The average molecular weight is 387 g/mol. The van der Waals surface area contributed by atoms with Crippen LogP contribution in [0.25, 0.3) is 11.5 Å². The van der Waals surface area contributed by atoms with Crippen molar-refractivity contribution in [3.63, 3.8) is 0 Å². The number of rotatable bonds is 4. The smallest absolute Gasteiger partial charge is 0.277 e. The number of amides is 2. The number of carbonyl (C=O) groups excluding carboxylic acids is 2. The third-order valence-electron chi connectivity index (χ3n) is 3.75. The van der Waals surface area contributed by atoms with Crippen molar-refractivity contribution in [3.05, 3.63) is 53.8 Å². The molecular weight excluding hydrogens is 376 g/mol. The monoisotopic (exact) mass is 386 g/mol. The third-order valence-corrected chi connectivity index (χ3v) is 5.02. The maximum Gasteiger partial charge on any atom is 0.277 e. The SMILES string of the molecule is O=C1CC(Sc2nnc(-c3cccnc3)o2)C(=O)N1c1ccc(Cl)cc1. The Kier molecular flexibility index (Phi) is 4.44. The minimum Gasteiger partial charge on any atom is -0.411 e. The van der Waals surface area contributed by atoms with E-state index in [0.717, 1.165) is 16.7 Å². The van der Waals surface area contributed by atoms with Crippen molar-refractivity contribution >= 4 is 40.9 Å². The van der Waals surface area contributed by atoms with Crippen LogP contribution in [0.5, 0.6) is 0 Å². The van der Waals surface area contributed by atoms with Gasteiger partial charge in [0.25, 0.3) is 5.22 Å². The van der Waals surface area contributed by atoms with Gasteiger partial charge in [0.15, 0.2) is 0 Å². The van der Waals surface area contributed by atoms with Crippen LogP contribution in [0.3, 0.4) is 0 Å². The van der Waals surface area contributed by atoms with Crippen molar-refractivity contribution in [1.82, 2.24) is 15.2 Å². The second-order valence-electron chi connectivity index (χ2n) is 5.47. The van der Waals surface area contributed by atoms with Crippen molar-refractivity contribution in [2.24, 2.45) is 0 Å². The van der Waals surface area contributed by atoms with Crippen LogP contribution in [0.1, 0.15) is 6.42 Å². The lowest BCUT2D eigenvalue weighted by Crippen LogP contribution is -2.31. The van der Waals surface area contributed by atoms with Gasteiger partial charge in [0.2, 0.25) is 17.7 Å². The van der Waals surface area contributed by atoms with Gasteiger partial charge in [-0.05, 0) is 36.4 Å². The first kappa shape index (κ1) is 16.7. The summed E-state index contributed by atoms with van der Waals surface area (Å²) in [6.45, 7) is 0. The van der Waals surface area contributed by atoms with Gasteiger partial charge in [-0.25, -0.2) is 4.90 Å². The fraction of sp³-hybridized carbons (Fsp3) is 0.118. The Morgan fingerprint density at radius 2 is 1.96 bits per heavy atom. The maximum absolute atomic E-state index is 12.6. The van der Waals surface area contributed by atoms with Crippen LogP contribution in [0, 0.1) is 0 Å². The van der Waals surface area contributed by atoms with E-state index in [4.69, 9.17) is 16.0 Å². The highest BCUT2D eigenvalue weighted by Crippen LogP contribution is 2.34. The van der Waals surface area contributed by atoms with Crippen LogP contribution < -0.4 is 4.90 Å². The summed E-state index contributed by atoms with van der Waals surface area (Å²) in [5.41, 5.74) is 1.18. The zero-order chi connectivity index (χ0) is 18.1. The van der Waals surface area contributed by atoms with Gasteiger partial charge in [-0.15, -0.1) is 10.2 Å². The molecule has 1 fully saturated rings. The number of pyridine rings is 1. The molecule has 1 saturated heterocycles. The number of nitrogens with zero attached hydrogens (tertiary/aromatic N) is 4. The van der Waals surface area contributed by atoms with Crippen LogP contribution in [0.15, 0.2) is 58.4 Å². The Labute approximate surface area is 157 Å². The number of carbonyl (C=O) groups is 2. The molecule has 9 heteroatoms. The molecule has 0 aliphatic carbocycles. The van der Waals surface area contributed by atoms with E-state index < -0.39 is 5.25 Å². The molecule has 26 heavy (non-hydrogen) atoms. The summed E-state index contributed by atoms with van der Waals surface area (Å²) in [7, 11) is 0. The molecule has 1 atom stereocenters.